The molecule has 12 heteroatoms. The van der Waals surface area contributed by atoms with E-state index in [0.717, 1.165) is 5.56 Å². The molecule has 47 heavy (non-hydrogen) atoms. The van der Waals surface area contributed by atoms with E-state index in [4.69, 9.17) is 9.47 Å². The summed E-state index contributed by atoms with van der Waals surface area (Å²) in [7, 11) is 0. The van der Waals surface area contributed by atoms with Crippen LogP contribution in [-0.2, 0) is 21.4 Å². The molecule has 0 radical (unpaired) electrons. The molecule has 266 valence electrons. The second kappa shape index (κ2) is 11.9. The number of ether oxygens (including phenoxy) is 2. The normalized spacial score (nSPS) is 42.2. The highest BCUT2D eigenvalue weighted by atomic mass is 16.7. The van der Waals surface area contributed by atoms with E-state index in [0.29, 0.717) is 24.0 Å². The third-order valence-corrected chi connectivity index (χ3v) is 12.9. The second-order valence-electron chi connectivity index (χ2n) is 16.3. The molecule has 1 aliphatic heterocycles. The van der Waals surface area contributed by atoms with Gasteiger partial charge >= 0.3 is 0 Å². The van der Waals surface area contributed by atoms with Crippen LogP contribution in [0.15, 0.2) is 6.07 Å². The molecule has 12 nitrogen and oxygen atoms in total. The van der Waals surface area contributed by atoms with Crippen LogP contribution in [0.2, 0.25) is 0 Å². The molecule has 1 aromatic rings. The van der Waals surface area contributed by atoms with Gasteiger partial charge in [0.1, 0.15) is 30.2 Å². The fourth-order valence-corrected chi connectivity index (χ4v) is 10.0. The number of hydrogen-bond donors (Lipinski definition) is 9. The van der Waals surface area contributed by atoms with Crippen LogP contribution in [0.4, 0.5) is 0 Å². The molecule has 3 fully saturated rings. The van der Waals surface area contributed by atoms with Gasteiger partial charge in [0.25, 0.3) is 0 Å². The van der Waals surface area contributed by atoms with Crippen molar-refractivity contribution in [2.24, 2.45) is 22.7 Å². The van der Waals surface area contributed by atoms with Gasteiger partial charge in [-0.3, -0.25) is 4.79 Å². The molecule has 1 aromatic carbocycles. The summed E-state index contributed by atoms with van der Waals surface area (Å²) in [5, 5.41) is 96.9. The van der Waals surface area contributed by atoms with Crippen molar-refractivity contribution < 1.29 is 60.2 Å². The van der Waals surface area contributed by atoms with Gasteiger partial charge in [-0.05, 0) is 106 Å². The Kier molecular flexibility index (Phi) is 9.20. The number of aromatic hydroxyl groups is 1. The van der Waals surface area contributed by atoms with Crippen molar-refractivity contribution in [2.45, 2.75) is 147 Å². The van der Waals surface area contributed by atoms with E-state index in [1.165, 1.54) is 6.92 Å². The predicted molar refractivity (Wildman–Crippen MR) is 169 cm³/mol. The van der Waals surface area contributed by atoms with Crippen molar-refractivity contribution in [2.75, 3.05) is 6.61 Å². The minimum atomic E-state index is -1.76. The lowest BCUT2D eigenvalue weighted by Gasteiger charge is -2.62. The van der Waals surface area contributed by atoms with Crippen LogP contribution in [-0.4, -0.2) is 112 Å². The van der Waals surface area contributed by atoms with E-state index in [9.17, 15) is 50.8 Å². The van der Waals surface area contributed by atoms with E-state index in [-0.39, 0.29) is 48.9 Å². The Bertz CT molecular complexity index is 1370. The summed E-state index contributed by atoms with van der Waals surface area (Å²) in [5.41, 5.74) is -3.57. The first-order valence-electron chi connectivity index (χ1n) is 16.7. The maximum absolute atomic E-state index is 14.6. The van der Waals surface area contributed by atoms with Crippen LogP contribution in [0, 0.1) is 29.6 Å². The Morgan fingerprint density at radius 2 is 1.68 bits per heavy atom. The number of phenolic OH excluding ortho intramolecular Hbond substituents is 1. The summed E-state index contributed by atoms with van der Waals surface area (Å²) in [5.74, 6) is -1.58. The molecular formula is C35H54O12. The third kappa shape index (κ3) is 5.43. The highest BCUT2D eigenvalue weighted by Crippen LogP contribution is 2.72. The van der Waals surface area contributed by atoms with Crippen molar-refractivity contribution in [3.05, 3.63) is 22.8 Å². The number of carbonyl (C=O) groups is 1. The highest BCUT2D eigenvalue weighted by Gasteiger charge is 2.73. The third-order valence-electron chi connectivity index (χ3n) is 12.9. The summed E-state index contributed by atoms with van der Waals surface area (Å²) < 4.78 is 11.4. The van der Waals surface area contributed by atoms with Gasteiger partial charge in [0, 0.05) is 12.3 Å². The molecular weight excluding hydrogens is 612 g/mol. The zero-order chi connectivity index (χ0) is 35.2. The van der Waals surface area contributed by atoms with Gasteiger partial charge in [0.2, 0.25) is 6.29 Å². The Labute approximate surface area is 276 Å². The van der Waals surface area contributed by atoms with Crippen LogP contribution in [0.1, 0.15) is 90.3 Å². The topological polar surface area (TPSA) is 218 Å². The van der Waals surface area contributed by atoms with Crippen LogP contribution < -0.4 is 4.74 Å². The fourth-order valence-electron chi connectivity index (χ4n) is 10.0. The molecule has 1 saturated heterocycles. The van der Waals surface area contributed by atoms with E-state index in [2.05, 4.69) is 6.92 Å². The van der Waals surface area contributed by atoms with Crippen LogP contribution in [0.25, 0.3) is 0 Å². The molecule has 5 rings (SSSR count). The monoisotopic (exact) mass is 666 g/mol. The van der Waals surface area contributed by atoms with Crippen LogP contribution in [0.3, 0.4) is 0 Å². The Morgan fingerprint density at radius 1 is 1.04 bits per heavy atom. The predicted octanol–water partition coefficient (Wildman–Crippen LogP) is 0.729. The number of aliphatic hydroxyl groups is 8. The van der Waals surface area contributed by atoms with Crippen molar-refractivity contribution in [3.63, 3.8) is 0 Å². The van der Waals surface area contributed by atoms with Gasteiger partial charge in [0.05, 0.1) is 35.4 Å². The van der Waals surface area contributed by atoms with Gasteiger partial charge in [-0.25, -0.2) is 0 Å². The highest BCUT2D eigenvalue weighted by molar-refractivity contribution is 5.93. The van der Waals surface area contributed by atoms with E-state index in [1.54, 1.807) is 26.8 Å². The summed E-state index contributed by atoms with van der Waals surface area (Å²) in [4.78, 5) is 14.6. The first-order chi connectivity index (χ1) is 21.6. The number of phenols is 1. The number of Topliss-reactive ketones (excluding diaryl/α,β-unsaturated/α-hetero) is 1. The average molecular weight is 667 g/mol. The number of aliphatic hydroxyl groups excluding tert-OH is 6. The summed E-state index contributed by atoms with van der Waals surface area (Å²) in [6.07, 6.45) is -8.28. The maximum Gasteiger partial charge on any atom is 0.229 e. The molecule has 3 aliphatic carbocycles. The van der Waals surface area contributed by atoms with Crippen molar-refractivity contribution in [1.29, 1.82) is 0 Å². The largest absolute Gasteiger partial charge is 0.504 e. The standard InChI is InChI=1S/C35H54O12/c1-16-17-8-9-22-32(4)13-19(37)29(35(7,45)23(38)10-11-31(2,3)44)33(32,5)14-24(39)34(22,6)18(17)12-20(25(16)40)46-30-28(43)27(42)26(41)21(15-36)47-30/h12,19,21-23,26-30,36-38,40-45H,8-11,13-15H2,1-7H3/t19-,21-,22+,23?,26-,27+,28-,29+,30-,32+,33-,34+,35+/m1/s1. The number of fused-ring (bicyclic) bond motifs is 5. The second-order valence-corrected chi connectivity index (χ2v) is 16.3. The smallest absolute Gasteiger partial charge is 0.229 e. The van der Waals surface area contributed by atoms with Gasteiger partial charge in [-0.1, -0.05) is 13.8 Å². The van der Waals surface area contributed by atoms with Crippen LogP contribution >= 0.6 is 0 Å². The molecule has 2 saturated carbocycles. The lowest BCUT2D eigenvalue weighted by atomic mass is 9.41. The minimum Gasteiger partial charge on any atom is -0.504 e. The van der Waals surface area contributed by atoms with Gasteiger partial charge in [-0.15, -0.1) is 0 Å². The first kappa shape index (κ1) is 36.4. The molecule has 0 spiro atoms. The zero-order valence-corrected chi connectivity index (χ0v) is 28.5. The number of benzene rings is 1. The average Bonchev–Trinajstić information content (AvgIpc) is 3.19. The molecule has 0 amide bonds. The molecule has 9 N–H and O–H groups in total. The number of hydrogen-bond acceptors (Lipinski definition) is 12. The summed E-state index contributed by atoms with van der Waals surface area (Å²) in [6, 6.07) is 1.56. The first-order valence-corrected chi connectivity index (χ1v) is 16.7. The zero-order valence-electron chi connectivity index (χ0n) is 28.5. The maximum atomic E-state index is 14.6. The lowest BCUT2D eigenvalue weighted by Crippen LogP contribution is -2.64. The van der Waals surface area contributed by atoms with Crippen molar-refractivity contribution in [1.82, 2.24) is 0 Å². The summed E-state index contributed by atoms with van der Waals surface area (Å²) >= 11 is 0. The number of carbonyl (C=O) groups excluding carboxylic acids is 1. The van der Waals surface area contributed by atoms with Crippen molar-refractivity contribution >= 4 is 5.78 Å². The lowest BCUT2D eigenvalue weighted by molar-refractivity contribution is -0.277. The van der Waals surface area contributed by atoms with E-state index >= 15 is 0 Å². The summed E-state index contributed by atoms with van der Waals surface area (Å²) in [6.45, 7) is 11.7. The van der Waals surface area contributed by atoms with Crippen LogP contribution in [0.5, 0.6) is 11.5 Å². The number of ketones is 1. The molecule has 0 bridgehead atoms. The quantitative estimate of drug-likeness (QED) is 0.188. The Balaban J connectivity index is 1.53. The minimum absolute atomic E-state index is 0.00878. The molecule has 4 aliphatic rings. The van der Waals surface area contributed by atoms with Gasteiger partial charge < -0.3 is 55.4 Å². The van der Waals surface area contributed by atoms with Gasteiger partial charge in [-0.2, -0.15) is 0 Å². The molecule has 1 unspecified atom stereocenters. The molecule has 0 aromatic heterocycles. The van der Waals surface area contributed by atoms with E-state index in [1.807, 2.05) is 13.8 Å². The SMILES string of the molecule is Cc1c(O)c(O[C@@H]2O[C@H](CO)[C@@H](O)[C@H](O)[C@H]2O)cc2c1CC[C@@H]1[C@@]2(C)C(=O)C[C@]2(C)[C@@H]([C@@](C)(O)C(O)CCC(C)(C)O)[C@H](O)C[C@@]12C. The fraction of sp³-hybridized carbons (Fsp3) is 0.800. The van der Waals surface area contributed by atoms with Crippen molar-refractivity contribution in [3.8, 4) is 11.5 Å². The number of rotatable bonds is 8. The van der Waals surface area contributed by atoms with Gasteiger partial charge in [0.15, 0.2) is 11.5 Å². The van der Waals surface area contributed by atoms with E-state index < -0.39 is 82.9 Å². The molecule has 13 atom stereocenters. The molecule has 1 heterocycles. The Morgan fingerprint density at radius 3 is 2.28 bits per heavy atom. The Hall–Kier alpha value is -1.87.